The molecule has 0 radical (unpaired) electrons. The highest BCUT2D eigenvalue weighted by Crippen LogP contribution is 2.25. The fourth-order valence-corrected chi connectivity index (χ4v) is 2.93. The number of fused-ring (bicyclic) bond motifs is 1. The van der Waals surface area contributed by atoms with Crippen molar-refractivity contribution in [3.8, 4) is 11.3 Å². The predicted octanol–water partition coefficient (Wildman–Crippen LogP) is 1.68. The number of amides is 1. The van der Waals surface area contributed by atoms with Crippen LogP contribution >= 0.6 is 0 Å². The van der Waals surface area contributed by atoms with Crippen LogP contribution in [0.3, 0.4) is 0 Å². The Kier molecular flexibility index (Phi) is 4.57. The van der Waals surface area contributed by atoms with E-state index >= 15 is 0 Å². The van der Waals surface area contributed by atoms with Gasteiger partial charge in [-0.05, 0) is 35.7 Å². The number of pyridine rings is 1. The van der Waals surface area contributed by atoms with Crippen molar-refractivity contribution in [2.45, 2.75) is 19.4 Å². The highest BCUT2D eigenvalue weighted by atomic mass is 16.4. The van der Waals surface area contributed by atoms with Crippen LogP contribution < -0.4 is 5.73 Å². The van der Waals surface area contributed by atoms with E-state index in [1.54, 1.807) is 12.1 Å². The van der Waals surface area contributed by atoms with Gasteiger partial charge in [0.1, 0.15) is 0 Å². The lowest BCUT2D eigenvalue weighted by molar-refractivity contribution is -0.137. The van der Waals surface area contributed by atoms with Gasteiger partial charge in [0, 0.05) is 31.4 Å². The van der Waals surface area contributed by atoms with Crippen LogP contribution in [0.1, 0.15) is 27.9 Å². The summed E-state index contributed by atoms with van der Waals surface area (Å²) in [5.41, 5.74) is 9.92. The van der Waals surface area contributed by atoms with Crippen molar-refractivity contribution < 1.29 is 14.7 Å². The van der Waals surface area contributed by atoms with Gasteiger partial charge in [0.2, 0.25) is 5.91 Å². The summed E-state index contributed by atoms with van der Waals surface area (Å²) in [5.74, 6) is -1.25. The number of carboxylic acids is 1. The van der Waals surface area contributed by atoms with E-state index in [-0.39, 0.29) is 6.42 Å². The number of benzene rings is 1. The number of carbonyl (C=O) groups is 2. The fourth-order valence-electron chi connectivity index (χ4n) is 2.93. The maximum Gasteiger partial charge on any atom is 0.304 e. The topological polar surface area (TPSA) is 96.5 Å². The van der Waals surface area contributed by atoms with E-state index in [0.717, 1.165) is 30.8 Å². The highest BCUT2D eigenvalue weighted by Gasteiger charge is 2.17. The van der Waals surface area contributed by atoms with Gasteiger partial charge in [0.25, 0.3) is 0 Å². The molecule has 2 aromatic rings. The number of rotatable bonds is 5. The van der Waals surface area contributed by atoms with Crippen molar-refractivity contribution in [3.05, 3.63) is 53.2 Å². The second-order valence-electron chi connectivity index (χ2n) is 5.95. The number of carbonyl (C=O) groups excluding carboxylic acids is 1. The number of nitrogens with zero attached hydrogens (tertiary/aromatic N) is 2. The van der Waals surface area contributed by atoms with Crippen molar-refractivity contribution in [1.29, 1.82) is 0 Å². The molecule has 24 heavy (non-hydrogen) atoms. The maximum absolute atomic E-state index is 11.1. The number of aromatic nitrogens is 1. The summed E-state index contributed by atoms with van der Waals surface area (Å²) in [6.45, 7) is 2.21. The smallest absolute Gasteiger partial charge is 0.304 e. The summed E-state index contributed by atoms with van der Waals surface area (Å²) in [5, 5.41) is 8.79. The van der Waals surface area contributed by atoms with Gasteiger partial charge in [-0.1, -0.05) is 12.1 Å². The van der Waals surface area contributed by atoms with E-state index in [9.17, 15) is 9.59 Å². The van der Waals surface area contributed by atoms with Gasteiger partial charge < -0.3 is 10.8 Å². The summed E-state index contributed by atoms with van der Waals surface area (Å²) < 4.78 is 0. The van der Waals surface area contributed by atoms with E-state index in [4.69, 9.17) is 10.8 Å². The summed E-state index contributed by atoms with van der Waals surface area (Å²) in [7, 11) is 0. The molecule has 3 rings (SSSR count). The van der Waals surface area contributed by atoms with Crippen molar-refractivity contribution >= 4 is 11.9 Å². The Morgan fingerprint density at radius 3 is 2.71 bits per heavy atom. The molecule has 0 aliphatic carbocycles. The Morgan fingerprint density at radius 1 is 1.21 bits per heavy atom. The maximum atomic E-state index is 11.1. The second kappa shape index (κ2) is 6.80. The zero-order valence-corrected chi connectivity index (χ0v) is 13.2. The third-order valence-electron chi connectivity index (χ3n) is 4.28. The molecule has 124 valence electrons. The largest absolute Gasteiger partial charge is 0.481 e. The Labute approximate surface area is 139 Å². The van der Waals surface area contributed by atoms with Crippen molar-refractivity contribution in [1.82, 2.24) is 9.88 Å². The SMILES string of the molecule is NC(=O)c1ccc(-c2ccc3c(c2)CCN(CCC(=O)O)C3)nc1. The highest BCUT2D eigenvalue weighted by molar-refractivity contribution is 5.92. The minimum atomic E-state index is -0.762. The monoisotopic (exact) mass is 325 g/mol. The third-order valence-corrected chi connectivity index (χ3v) is 4.28. The average Bonchev–Trinajstić information content (AvgIpc) is 2.59. The van der Waals surface area contributed by atoms with Gasteiger partial charge in [-0.2, -0.15) is 0 Å². The van der Waals surface area contributed by atoms with Crippen LogP contribution in [-0.4, -0.2) is 40.0 Å². The predicted molar refractivity (Wildman–Crippen MR) is 89.4 cm³/mol. The Morgan fingerprint density at radius 2 is 2.04 bits per heavy atom. The molecule has 0 saturated heterocycles. The average molecular weight is 325 g/mol. The number of hydrogen-bond donors (Lipinski definition) is 2. The molecule has 1 aliphatic rings. The Bertz CT molecular complexity index is 772. The molecule has 0 spiro atoms. The summed E-state index contributed by atoms with van der Waals surface area (Å²) in [6.07, 6.45) is 2.55. The number of nitrogens with two attached hydrogens (primary N) is 1. The molecule has 6 nitrogen and oxygen atoms in total. The lowest BCUT2D eigenvalue weighted by atomic mass is 9.96. The molecule has 3 N–H and O–H groups in total. The number of aliphatic carboxylic acids is 1. The van der Waals surface area contributed by atoms with Gasteiger partial charge in [-0.25, -0.2) is 0 Å². The summed E-state index contributed by atoms with van der Waals surface area (Å²) in [6, 6.07) is 9.67. The molecular weight excluding hydrogens is 306 g/mol. The first-order valence-corrected chi connectivity index (χ1v) is 7.85. The van der Waals surface area contributed by atoms with Crippen molar-refractivity contribution in [2.75, 3.05) is 13.1 Å². The van der Waals surface area contributed by atoms with Crippen LogP contribution in [0.15, 0.2) is 36.5 Å². The van der Waals surface area contributed by atoms with Gasteiger partial charge in [0.05, 0.1) is 17.7 Å². The van der Waals surface area contributed by atoms with E-state index in [2.05, 4.69) is 22.0 Å². The van der Waals surface area contributed by atoms with Gasteiger partial charge in [-0.3, -0.25) is 19.5 Å². The third kappa shape index (κ3) is 3.60. The molecule has 2 heterocycles. The van der Waals surface area contributed by atoms with Gasteiger partial charge in [0.15, 0.2) is 0 Å². The van der Waals surface area contributed by atoms with Crippen LogP contribution in [0, 0.1) is 0 Å². The lowest BCUT2D eigenvalue weighted by Crippen LogP contribution is -2.32. The molecule has 1 aromatic heterocycles. The van der Waals surface area contributed by atoms with Crippen LogP contribution in [-0.2, 0) is 17.8 Å². The van der Waals surface area contributed by atoms with E-state index in [0.29, 0.717) is 12.1 Å². The van der Waals surface area contributed by atoms with E-state index < -0.39 is 11.9 Å². The summed E-state index contributed by atoms with van der Waals surface area (Å²) in [4.78, 5) is 28.3. The van der Waals surface area contributed by atoms with Gasteiger partial charge in [-0.15, -0.1) is 0 Å². The number of hydrogen-bond acceptors (Lipinski definition) is 4. The molecule has 1 aromatic carbocycles. The number of carboxylic acid groups (broad SMARTS) is 1. The summed E-state index contributed by atoms with van der Waals surface area (Å²) >= 11 is 0. The molecule has 0 bridgehead atoms. The van der Waals surface area contributed by atoms with Crippen LogP contribution in [0.2, 0.25) is 0 Å². The standard InChI is InChI=1S/C18H19N3O3/c19-18(24)14-3-4-16(20-10-14)13-1-2-15-11-21(8-6-17(22)23)7-5-12(15)9-13/h1-4,9-10H,5-8,11H2,(H2,19,24)(H,22,23). The normalized spacial score (nSPS) is 14.2. The first-order valence-electron chi connectivity index (χ1n) is 7.85. The number of primary amides is 1. The molecular formula is C18H19N3O3. The minimum Gasteiger partial charge on any atom is -0.481 e. The van der Waals surface area contributed by atoms with E-state index in [1.165, 1.54) is 17.3 Å². The first kappa shape index (κ1) is 16.1. The zero-order chi connectivity index (χ0) is 17.1. The molecule has 1 aliphatic heterocycles. The quantitative estimate of drug-likeness (QED) is 0.872. The second-order valence-corrected chi connectivity index (χ2v) is 5.95. The Balaban J connectivity index is 1.75. The molecule has 0 fully saturated rings. The molecule has 0 unspecified atom stereocenters. The zero-order valence-electron chi connectivity index (χ0n) is 13.2. The Hall–Kier alpha value is -2.73. The van der Waals surface area contributed by atoms with Crippen molar-refractivity contribution in [2.24, 2.45) is 5.73 Å². The van der Waals surface area contributed by atoms with E-state index in [1.807, 2.05) is 6.07 Å². The molecule has 0 atom stereocenters. The van der Waals surface area contributed by atoms with Gasteiger partial charge >= 0.3 is 5.97 Å². The fraction of sp³-hybridized carbons (Fsp3) is 0.278. The molecule has 6 heteroatoms. The lowest BCUT2D eigenvalue weighted by Gasteiger charge is -2.28. The first-order chi connectivity index (χ1) is 11.5. The van der Waals surface area contributed by atoms with Crippen LogP contribution in [0.25, 0.3) is 11.3 Å². The van der Waals surface area contributed by atoms with Crippen LogP contribution in [0.4, 0.5) is 0 Å². The van der Waals surface area contributed by atoms with Crippen LogP contribution in [0.5, 0.6) is 0 Å². The minimum absolute atomic E-state index is 0.170. The molecule has 1 amide bonds. The van der Waals surface area contributed by atoms with Crippen molar-refractivity contribution in [3.63, 3.8) is 0 Å². The molecule has 0 saturated carbocycles.